The molecule has 32 heavy (non-hydrogen) atoms. The van der Waals surface area contributed by atoms with Crippen molar-refractivity contribution in [1.29, 1.82) is 10.5 Å². The van der Waals surface area contributed by atoms with Gasteiger partial charge in [0, 0.05) is 10.8 Å². The number of carbonyl (C=O) groups excluding carboxylic acids is 2. The Labute approximate surface area is 190 Å². The first-order valence-corrected chi connectivity index (χ1v) is 10.6. The molecule has 0 bridgehead atoms. The minimum absolute atomic E-state index is 0.0394. The molecule has 0 heterocycles. The molecule has 0 spiro atoms. The monoisotopic (exact) mass is 427 g/mol. The van der Waals surface area contributed by atoms with E-state index in [1.165, 1.54) is 6.08 Å². The highest BCUT2D eigenvalue weighted by molar-refractivity contribution is 6.09. The van der Waals surface area contributed by atoms with Gasteiger partial charge >= 0.3 is 0 Å². The molecule has 0 aromatic heterocycles. The molecule has 0 radical (unpaired) electrons. The van der Waals surface area contributed by atoms with Crippen LogP contribution >= 0.6 is 0 Å². The first-order chi connectivity index (χ1) is 15.1. The van der Waals surface area contributed by atoms with Gasteiger partial charge in [0.2, 0.25) is 0 Å². The summed E-state index contributed by atoms with van der Waals surface area (Å²) in [5, 5.41) is 21.6. The number of carbonyl (C=O) groups is 2. The van der Waals surface area contributed by atoms with E-state index in [1.54, 1.807) is 25.3 Å². The summed E-state index contributed by atoms with van der Waals surface area (Å²) in [6.07, 6.45) is 11.6. The molecule has 3 atom stereocenters. The summed E-state index contributed by atoms with van der Waals surface area (Å²) in [4.78, 5) is 25.2. The van der Waals surface area contributed by atoms with E-state index in [0.717, 1.165) is 12.0 Å². The van der Waals surface area contributed by atoms with Crippen molar-refractivity contribution in [3.05, 3.63) is 60.0 Å². The van der Waals surface area contributed by atoms with Gasteiger partial charge in [-0.05, 0) is 62.7 Å². The van der Waals surface area contributed by atoms with E-state index < -0.39 is 16.2 Å². The lowest BCUT2D eigenvalue weighted by Gasteiger charge is -2.56. The highest BCUT2D eigenvalue weighted by Crippen LogP contribution is 2.63. The molecule has 0 aromatic carbocycles. The van der Waals surface area contributed by atoms with Crippen LogP contribution < -0.4 is 5.32 Å². The third kappa shape index (κ3) is 3.98. The van der Waals surface area contributed by atoms with Crippen molar-refractivity contribution in [1.82, 2.24) is 5.32 Å². The molecule has 164 valence electrons. The van der Waals surface area contributed by atoms with E-state index >= 15 is 0 Å². The number of hydrogen-bond acceptors (Lipinski definition) is 5. The smallest absolute Gasteiger partial charge is 0.196 e. The molecule has 1 N–H and O–H groups in total. The van der Waals surface area contributed by atoms with Gasteiger partial charge in [-0.1, -0.05) is 45.4 Å². The Morgan fingerprint density at radius 3 is 2.31 bits per heavy atom. The summed E-state index contributed by atoms with van der Waals surface area (Å²) in [5.74, 6) is 5.65. The van der Waals surface area contributed by atoms with Gasteiger partial charge in [0.05, 0.1) is 16.6 Å². The molecular weight excluding hydrogens is 398 g/mol. The fraction of sp³-hybridized carbons (Fsp3) is 0.407. The maximum Gasteiger partial charge on any atom is 0.196 e. The zero-order valence-electron chi connectivity index (χ0n) is 19.4. The number of Topliss-reactive ketones (excluding diaryl/α,β-unsaturated/α-hetero) is 1. The fourth-order valence-corrected chi connectivity index (χ4v) is 5.32. The third-order valence-corrected chi connectivity index (χ3v) is 6.66. The molecule has 3 rings (SSSR count). The van der Waals surface area contributed by atoms with Gasteiger partial charge in [-0.25, -0.2) is 0 Å². The number of fused-ring (bicyclic) bond motifs is 3. The SMILES string of the molecule is C=CN/C=C\C.CC#CC12C=C(C#N)C(=O)C=C1C1(C)C=C(C#N)C(=O)C(C)(C)C1CC2. The number of nitrogens with one attached hydrogen (secondary N) is 1. The minimum Gasteiger partial charge on any atom is -0.369 e. The molecule has 3 aliphatic rings. The van der Waals surface area contributed by atoms with Gasteiger partial charge in [0.15, 0.2) is 11.6 Å². The topological polar surface area (TPSA) is 93.8 Å². The molecule has 0 amide bonds. The molecule has 0 aromatic rings. The van der Waals surface area contributed by atoms with Gasteiger partial charge in [0.25, 0.3) is 0 Å². The average molecular weight is 428 g/mol. The lowest BCUT2D eigenvalue weighted by molar-refractivity contribution is -0.130. The van der Waals surface area contributed by atoms with E-state index in [1.807, 2.05) is 52.1 Å². The molecule has 1 fully saturated rings. The Kier molecular flexibility index (Phi) is 7.13. The maximum atomic E-state index is 12.7. The second-order valence-corrected chi connectivity index (χ2v) is 8.90. The molecule has 5 heteroatoms. The molecule has 3 unspecified atom stereocenters. The van der Waals surface area contributed by atoms with Crippen LogP contribution in [0.4, 0.5) is 0 Å². The zero-order chi connectivity index (χ0) is 24.2. The number of ketones is 2. The molecule has 5 nitrogen and oxygen atoms in total. The number of nitrogens with zero attached hydrogens (tertiary/aromatic N) is 2. The van der Waals surface area contributed by atoms with Crippen molar-refractivity contribution in [2.75, 3.05) is 0 Å². The molecular formula is C27H29N3O2. The normalized spacial score (nSPS) is 29.7. The van der Waals surface area contributed by atoms with Crippen LogP contribution in [0.25, 0.3) is 0 Å². The Hall–Kier alpha value is -3.62. The van der Waals surface area contributed by atoms with Gasteiger partial charge in [-0.15, -0.1) is 5.92 Å². The van der Waals surface area contributed by atoms with Crippen LogP contribution in [0.1, 0.15) is 47.5 Å². The van der Waals surface area contributed by atoms with E-state index in [2.05, 4.69) is 23.7 Å². The summed E-state index contributed by atoms with van der Waals surface area (Å²) >= 11 is 0. The number of nitriles is 2. The van der Waals surface area contributed by atoms with E-state index in [4.69, 9.17) is 0 Å². The standard InChI is InChI=1S/C22H20N2O2.C5H9N/c1-5-7-22-8-6-17-20(2,3)19(26)15(13-24)10-21(17,4)18(22)9-16(25)14(11-22)12-23;1-3-5-6-4-2/h9-11,17H,6,8H2,1-4H3;3-6H,2H2,1H3/b;5-3-. The Morgan fingerprint density at radius 1 is 1.16 bits per heavy atom. The van der Waals surface area contributed by atoms with Crippen LogP contribution in [-0.4, -0.2) is 11.6 Å². The molecule has 1 saturated carbocycles. The predicted octanol–water partition coefficient (Wildman–Crippen LogP) is 4.68. The average Bonchev–Trinajstić information content (AvgIpc) is 2.76. The van der Waals surface area contributed by atoms with Crippen LogP contribution in [0.5, 0.6) is 0 Å². The van der Waals surface area contributed by atoms with Crippen molar-refractivity contribution in [2.24, 2.45) is 22.2 Å². The fourth-order valence-electron chi connectivity index (χ4n) is 5.32. The summed E-state index contributed by atoms with van der Waals surface area (Å²) in [6.45, 7) is 12.9. The van der Waals surface area contributed by atoms with Crippen LogP contribution in [0, 0.1) is 56.7 Å². The van der Waals surface area contributed by atoms with Crippen molar-refractivity contribution < 1.29 is 9.59 Å². The Balaban J connectivity index is 0.000000534. The van der Waals surface area contributed by atoms with Crippen LogP contribution in [0.3, 0.4) is 0 Å². The quantitative estimate of drug-likeness (QED) is 0.646. The van der Waals surface area contributed by atoms with Crippen LogP contribution in [-0.2, 0) is 9.59 Å². The second kappa shape index (κ2) is 9.25. The first-order valence-electron chi connectivity index (χ1n) is 10.6. The number of rotatable bonds is 2. The highest BCUT2D eigenvalue weighted by atomic mass is 16.1. The highest BCUT2D eigenvalue weighted by Gasteiger charge is 2.59. The van der Waals surface area contributed by atoms with Crippen molar-refractivity contribution in [3.63, 3.8) is 0 Å². The first kappa shape index (κ1) is 24.6. The van der Waals surface area contributed by atoms with Gasteiger partial charge in [-0.2, -0.15) is 10.5 Å². The van der Waals surface area contributed by atoms with Crippen LogP contribution in [0.15, 0.2) is 60.0 Å². The Morgan fingerprint density at radius 2 is 1.81 bits per heavy atom. The summed E-state index contributed by atoms with van der Waals surface area (Å²) in [7, 11) is 0. The summed E-state index contributed by atoms with van der Waals surface area (Å²) < 4.78 is 0. The maximum absolute atomic E-state index is 12.7. The van der Waals surface area contributed by atoms with Gasteiger partial charge in [0.1, 0.15) is 12.1 Å². The Bertz CT molecular complexity index is 1110. The number of hydrogen-bond donors (Lipinski definition) is 1. The molecule has 3 aliphatic carbocycles. The van der Waals surface area contributed by atoms with E-state index in [0.29, 0.717) is 6.42 Å². The lowest BCUT2D eigenvalue weighted by Crippen LogP contribution is -2.53. The van der Waals surface area contributed by atoms with Crippen molar-refractivity contribution in [2.45, 2.75) is 47.5 Å². The summed E-state index contributed by atoms with van der Waals surface area (Å²) in [6, 6.07) is 4.01. The third-order valence-electron chi connectivity index (χ3n) is 6.66. The number of allylic oxidation sites excluding steroid dienone is 7. The molecule has 0 aliphatic heterocycles. The van der Waals surface area contributed by atoms with Crippen molar-refractivity contribution in [3.8, 4) is 24.0 Å². The van der Waals surface area contributed by atoms with Gasteiger partial charge < -0.3 is 5.32 Å². The zero-order valence-corrected chi connectivity index (χ0v) is 19.4. The summed E-state index contributed by atoms with van der Waals surface area (Å²) in [5.41, 5.74) is -1.01. The second-order valence-electron chi connectivity index (χ2n) is 8.90. The minimum atomic E-state index is -0.705. The van der Waals surface area contributed by atoms with Gasteiger partial charge in [-0.3, -0.25) is 9.59 Å². The lowest BCUT2D eigenvalue weighted by atomic mass is 9.45. The van der Waals surface area contributed by atoms with Crippen molar-refractivity contribution >= 4 is 11.6 Å². The van der Waals surface area contributed by atoms with E-state index in [9.17, 15) is 20.1 Å². The predicted molar refractivity (Wildman–Crippen MR) is 124 cm³/mol. The largest absolute Gasteiger partial charge is 0.369 e. The van der Waals surface area contributed by atoms with E-state index in [-0.39, 0.29) is 28.6 Å². The van der Waals surface area contributed by atoms with Crippen LogP contribution in [0.2, 0.25) is 0 Å². The molecule has 0 saturated heterocycles.